The summed E-state index contributed by atoms with van der Waals surface area (Å²) >= 11 is 0. The van der Waals surface area contributed by atoms with Crippen LogP contribution in [0.3, 0.4) is 0 Å². The van der Waals surface area contributed by atoms with Crippen molar-refractivity contribution in [2.45, 2.75) is 31.7 Å². The maximum atomic E-state index is 12.3. The van der Waals surface area contributed by atoms with E-state index in [0.717, 1.165) is 38.3 Å². The average Bonchev–Trinajstić information content (AvgIpc) is 2.53. The van der Waals surface area contributed by atoms with E-state index < -0.39 is 10.0 Å². The Bertz CT molecular complexity index is 564. The molecule has 0 spiro atoms. The van der Waals surface area contributed by atoms with Crippen molar-refractivity contribution in [2.75, 3.05) is 39.3 Å². The Morgan fingerprint density at radius 2 is 1.73 bits per heavy atom. The SMILES string of the molecule is CCN1CCN([C@@H](C)CNS(=O)(=O)c2ccc(C)cc2)CC1. The average molecular weight is 325 g/mol. The molecule has 1 aliphatic rings. The summed E-state index contributed by atoms with van der Waals surface area (Å²) in [6.45, 7) is 11.9. The second-order valence-electron chi connectivity index (χ2n) is 5.98. The molecule has 1 atom stereocenters. The summed E-state index contributed by atoms with van der Waals surface area (Å²) in [7, 11) is -3.41. The molecule has 0 unspecified atom stereocenters. The van der Waals surface area contributed by atoms with Gasteiger partial charge in [0.15, 0.2) is 0 Å². The van der Waals surface area contributed by atoms with Crippen molar-refractivity contribution >= 4 is 10.0 Å². The minimum absolute atomic E-state index is 0.208. The Morgan fingerprint density at radius 3 is 2.27 bits per heavy atom. The first kappa shape index (κ1) is 17.4. The van der Waals surface area contributed by atoms with Gasteiger partial charge in [0.25, 0.3) is 0 Å². The Balaban J connectivity index is 1.87. The fourth-order valence-electron chi connectivity index (χ4n) is 2.68. The lowest BCUT2D eigenvalue weighted by molar-refractivity contribution is 0.107. The third-order valence-electron chi connectivity index (χ3n) is 4.38. The van der Waals surface area contributed by atoms with E-state index in [4.69, 9.17) is 0 Å². The normalized spacial score (nSPS) is 19.2. The zero-order chi connectivity index (χ0) is 16.2. The van der Waals surface area contributed by atoms with Gasteiger partial charge >= 0.3 is 0 Å². The van der Waals surface area contributed by atoms with Crippen LogP contribution in [0.4, 0.5) is 0 Å². The number of rotatable bonds is 6. The summed E-state index contributed by atoms with van der Waals surface area (Å²) < 4.78 is 27.3. The Kier molecular flexibility index (Phi) is 5.97. The molecular weight excluding hydrogens is 298 g/mol. The summed E-state index contributed by atoms with van der Waals surface area (Å²) in [5.41, 5.74) is 1.06. The summed E-state index contributed by atoms with van der Waals surface area (Å²) in [6.07, 6.45) is 0. The summed E-state index contributed by atoms with van der Waals surface area (Å²) in [5.74, 6) is 0. The van der Waals surface area contributed by atoms with Gasteiger partial charge < -0.3 is 4.90 Å². The molecule has 0 amide bonds. The third-order valence-corrected chi connectivity index (χ3v) is 5.82. The van der Waals surface area contributed by atoms with Gasteiger partial charge in [-0.25, -0.2) is 13.1 Å². The molecular formula is C16H27N3O2S. The van der Waals surface area contributed by atoms with Crippen LogP contribution in [-0.4, -0.2) is 63.5 Å². The molecule has 0 radical (unpaired) electrons. The van der Waals surface area contributed by atoms with Crippen molar-refractivity contribution in [1.82, 2.24) is 14.5 Å². The third kappa shape index (κ3) is 4.52. The number of hydrogen-bond donors (Lipinski definition) is 1. The zero-order valence-corrected chi connectivity index (χ0v) is 14.6. The maximum Gasteiger partial charge on any atom is 0.240 e. The number of likely N-dealkylation sites (N-methyl/N-ethyl adjacent to an activating group) is 1. The molecule has 124 valence electrons. The first-order valence-electron chi connectivity index (χ1n) is 7.95. The lowest BCUT2D eigenvalue weighted by Crippen LogP contribution is -2.52. The van der Waals surface area contributed by atoms with E-state index >= 15 is 0 Å². The summed E-state index contributed by atoms with van der Waals surface area (Å²) in [4.78, 5) is 5.10. The van der Waals surface area contributed by atoms with Gasteiger partial charge in [-0.15, -0.1) is 0 Å². The largest absolute Gasteiger partial charge is 0.301 e. The molecule has 5 nitrogen and oxygen atoms in total. The predicted molar refractivity (Wildman–Crippen MR) is 89.5 cm³/mol. The van der Waals surface area contributed by atoms with Crippen molar-refractivity contribution in [3.05, 3.63) is 29.8 Å². The predicted octanol–water partition coefficient (Wildman–Crippen LogP) is 1.30. The molecule has 1 fully saturated rings. The highest BCUT2D eigenvalue weighted by molar-refractivity contribution is 7.89. The van der Waals surface area contributed by atoms with E-state index in [-0.39, 0.29) is 6.04 Å². The van der Waals surface area contributed by atoms with Crippen LogP contribution in [0.25, 0.3) is 0 Å². The van der Waals surface area contributed by atoms with E-state index in [1.807, 2.05) is 19.1 Å². The number of nitrogens with zero attached hydrogens (tertiary/aromatic N) is 2. The smallest absolute Gasteiger partial charge is 0.240 e. The molecule has 0 aromatic heterocycles. The first-order valence-corrected chi connectivity index (χ1v) is 9.43. The van der Waals surface area contributed by atoms with Gasteiger partial charge in [0.1, 0.15) is 0 Å². The molecule has 6 heteroatoms. The van der Waals surface area contributed by atoms with Crippen LogP contribution in [0.1, 0.15) is 19.4 Å². The number of piperazine rings is 1. The van der Waals surface area contributed by atoms with Gasteiger partial charge in [-0.3, -0.25) is 4.90 Å². The topological polar surface area (TPSA) is 52.6 Å². The van der Waals surface area contributed by atoms with Gasteiger partial charge in [-0.2, -0.15) is 0 Å². The molecule has 1 N–H and O–H groups in total. The van der Waals surface area contributed by atoms with Crippen LogP contribution in [0.2, 0.25) is 0 Å². The number of sulfonamides is 1. The van der Waals surface area contributed by atoms with E-state index in [2.05, 4.69) is 28.4 Å². The molecule has 1 heterocycles. The number of aryl methyl sites for hydroxylation is 1. The summed E-state index contributed by atoms with van der Waals surface area (Å²) in [6, 6.07) is 7.16. The molecule has 1 aromatic carbocycles. The van der Waals surface area contributed by atoms with E-state index in [0.29, 0.717) is 11.4 Å². The van der Waals surface area contributed by atoms with Crippen LogP contribution < -0.4 is 4.72 Å². The zero-order valence-electron chi connectivity index (χ0n) is 13.7. The minimum Gasteiger partial charge on any atom is -0.301 e. The Hall–Kier alpha value is -0.950. The van der Waals surface area contributed by atoms with Crippen molar-refractivity contribution in [3.8, 4) is 0 Å². The fraction of sp³-hybridized carbons (Fsp3) is 0.625. The van der Waals surface area contributed by atoms with Crippen molar-refractivity contribution in [2.24, 2.45) is 0 Å². The van der Waals surface area contributed by atoms with Gasteiger partial charge in [-0.05, 0) is 32.5 Å². The standard InChI is InChI=1S/C16H27N3O2S/c1-4-18-9-11-19(12-10-18)15(3)13-17-22(20,21)16-7-5-14(2)6-8-16/h5-8,15,17H,4,9-13H2,1-3H3/t15-/m0/s1. The molecule has 1 aromatic rings. The van der Waals surface area contributed by atoms with Crippen LogP contribution in [0, 0.1) is 6.92 Å². The Labute approximate surface area is 134 Å². The van der Waals surface area contributed by atoms with Crippen LogP contribution in [-0.2, 0) is 10.0 Å². The second-order valence-corrected chi connectivity index (χ2v) is 7.75. The number of hydrogen-bond acceptors (Lipinski definition) is 4. The van der Waals surface area contributed by atoms with Crippen LogP contribution >= 0.6 is 0 Å². The summed E-state index contributed by atoms with van der Waals surface area (Å²) in [5, 5.41) is 0. The molecule has 1 saturated heterocycles. The van der Waals surface area contributed by atoms with Crippen molar-refractivity contribution < 1.29 is 8.42 Å². The molecule has 0 saturated carbocycles. The first-order chi connectivity index (χ1) is 10.4. The molecule has 1 aliphatic heterocycles. The molecule has 0 bridgehead atoms. The van der Waals surface area contributed by atoms with Gasteiger partial charge in [0.05, 0.1) is 4.90 Å². The quantitative estimate of drug-likeness (QED) is 0.856. The van der Waals surface area contributed by atoms with Crippen molar-refractivity contribution in [1.29, 1.82) is 0 Å². The van der Waals surface area contributed by atoms with E-state index in [1.54, 1.807) is 12.1 Å². The van der Waals surface area contributed by atoms with E-state index in [1.165, 1.54) is 0 Å². The van der Waals surface area contributed by atoms with Gasteiger partial charge in [-0.1, -0.05) is 24.6 Å². The fourth-order valence-corrected chi connectivity index (χ4v) is 3.80. The molecule has 22 heavy (non-hydrogen) atoms. The number of nitrogens with one attached hydrogen (secondary N) is 1. The molecule has 2 rings (SSSR count). The van der Waals surface area contributed by atoms with Crippen molar-refractivity contribution in [3.63, 3.8) is 0 Å². The highest BCUT2D eigenvalue weighted by Gasteiger charge is 2.22. The van der Waals surface area contributed by atoms with Crippen LogP contribution in [0.15, 0.2) is 29.2 Å². The lowest BCUT2D eigenvalue weighted by atomic mass is 10.2. The Morgan fingerprint density at radius 1 is 1.14 bits per heavy atom. The van der Waals surface area contributed by atoms with Gasteiger partial charge in [0.2, 0.25) is 10.0 Å². The van der Waals surface area contributed by atoms with Crippen LogP contribution in [0.5, 0.6) is 0 Å². The number of benzene rings is 1. The second kappa shape index (κ2) is 7.55. The highest BCUT2D eigenvalue weighted by atomic mass is 32.2. The minimum atomic E-state index is -3.41. The molecule has 0 aliphatic carbocycles. The van der Waals surface area contributed by atoms with E-state index in [9.17, 15) is 8.42 Å². The monoisotopic (exact) mass is 325 g/mol. The van der Waals surface area contributed by atoms with Gasteiger partial charge in [0, 0.05) is 38.8 Å². The maximum absolute atomic E-state index is 12.3. The highest BCUT2D eigenvalue weighted by Crippen LogP contribution is 2.11. The lowest BCUT2D eigenvalue weighted by Gasteiger charge is -2.37.